The number of nitrogens with one attached hydrogen (secondary N) is 1. The lowest BCUT2D eigenvalue weighted by atomic mass is 9.85. The van der Waals surface area contributed by atoms with Crippen molar-refractivity contribution in [2.24, 2.45) is 11.8 Å². The molecule has 4 nitrogen and oxygen atoms in total. The van der Waals surface area contributed by atoms with Crippen molar-refractivity contribution in [3.63, 3.8) is 0 Å². The molecule has 3 aliphatic rings. The predicted molar refractivity (Wildman–Crippen MR) is 76.3 cm³/mol. The lowest BCUT2D eigenvalue weighted by Crippen LogP contribution is -3.13. The van der Waals surface area contributed by atoms with Crippen molar-refractivity contribution in [1.82, 2.24) is 4.90 Å². The van der Waals surface area contributed by atoms with Crippen molar-refractivity contribution in [1.29, 1.82) is 0 Å². The summed E-state index contributed by atoms with van der Waals surface area (Å²) < 4.78 is 0. The number of halogens is 1. The Labute approximate surface area is 124 Å². The maximum atomic E-state index is 12.4. The van der Waals surface area contributed by atoms with Gasteiger partial charge in [-0.05, 0) is 32.1 Å². The fourth-order valence-electron chi connectivity index (χ4n) is 3.69. The molecule has 0 unspecified atom stereocenters. The molecule has 0 saturated carbocycles. The van der Waals surface area contributed by atoms with Gasteiger partial charge in [-0.3, -0.25) is 14.5 Å². The number of rotatable bonds is 3. The Morgan fingerprint density at radius 3 is 2.60 bits per heavy atom. The van der Waals surface area contributed by atoms with Crippen LogP contribution in [0, 0.1) is 11.8 Å². The van der Waals surface area contributed by atoms with Crippen LogP contribution in [0.5, 0.6) is 0 Å². The number of piperidine rings is 1. The van der Waals surface area contributed by atoms with Crippen LogP contribution in [0.1, 0.15) is 32.1 Å². The standard InChI is InChI=1S/C15H21ClN2O2/c16-11-4-5-12-13(10-11)15(20)18(14(12)19)9-8-17-6-2-1-3-7-17/h4,12-13H,1-3,5-10H2/p+1/t12-,13-/m1/s1. The molecule has 2 amide bonds. The van der Waals surface area contributed by atoms with Gasteiger partial charge >= 0.3 is 0 Å². The van der Waals surface area contributed by atoms with Crippen LogP contribution in [-0.4, -0.2) is 42.9 Å². The Balaban J connectivity index is 1.60. The van der Waals surface area contributed by atoms with E-state index in [0.717, 1.165) is 11.6 Å². The van der Waals surface area contributed by atoms with Crippen LogP contribution in [0.4, 0.5) is 0 Å². The maximum Gasteiger partial charge on any atom is 0.233 e. The molecule has 2 saturated heterocycles. The molecule has 0 bridgehead atoms. The van der Waals surface area contributed by atoms with Gasteiger partial charge in [-0.25, -0.2) is 0 Å². The molecular formula is C15H22ClN2O2+. The smallest absolute Gasteiger partial charge is 0.233 e. The normalized spacial score (nSPS) is 31.4. The lowest BCUT2D eigenvalue weighted by Gasteiger charge is -2.25. The summed E-state index contributed by atoms with van der Waals surface area (Å²) in [6, 6.07) is 0. The number of fused-ring (bicyclic) bond motifs is 1. The van der Waals surface area contributed by atoms with Gasteiger partial charge < -0.3 is 4.90 Å². The van der Waals surface area contributed by atoms with Crippen LogP contribution >= 0.6 is 11.6 Å². The summed E-state index contributed by atoms with van der Waals surface area (Å²) in [6.07, 6.45) is 6.92. The van der Waals surface area contributed by atoms with Crippen LogP contribution in [0.2, 0.25) is 0 Å². The van der Waals surface area contributed by atoms with Gasteiger partial charge in [0.15, 0.2) is 0 Å². The Morgan fingerprint density at radius 2 is 1.85 bits per heavy atom. The molecule has 1 aliphatic carbocycles. The van der Waals surface area contributed by atoms with Crippen molar-refractivity contribution < 1.29 is 14.5 Å². The van der Waals surface area contributed by atoms with E-state index in [4.69, 9.17) is 11.6 Å². The summed E-state index contributed by atoms with van der Waals surface area (Å²) in [4.78, 5) is 27.8. The number of hydrogen-bond acceptors (Lipinski definition) is 2. The number of allylic oxidation sites excluding steroid dienone is 2. The predicted octanol–water partition coefficient (Wildman–Crippen LogP) is 0.573. The van der Waals surface area contributed by atoms with Crippen LogP contribution in [0.3, 0.4) is 0 Å². The highest BCUT2D eigenvalue weighted by Gasteiger charge is 2.48. The Hall–Kier alpha value is -0.870. The molecule has 0 aromatic heterocycles. The first-order valence-corrected chi connectivity index (χ1v) is 8.08. The summed E-state index contributed by atoms with van der Waals surface area (Å²) in [5, 5.41) is 0.732. The highest BCUT2D eigenvalue weighted by molar-refractivity contribution is 6.30. The summed E-state index contributed by atoms with van der Waals surface area (Å²) in [5.41, 5.74) is 0. The summed E-state index contributed by atoms with van der Waals surface area (Å²) >= 11 is 6.02. The van der Waals surface area contributed by atoms with Gasteiger partial charge in [0, 0.05) is 5.03 Å². The number of nitrogens with zero attached hydrogens (tertiary/aromatic N) is 1. The highest BCUT2D eigenvalue weighted by Crippen LogP contribution is 2.38. The fraction of sp³-hybridized carbons (Fsp3) is 0.733. The molecule has 2 aliphatic heterocycles. The van der Waals surface area contributed by atoms with Crippen molar-refractivity contribution in [2.45, 2.75) is 32.1 Å². The quantitative estimate of drug-likeness (QED) is 0.774. The van der Waals surface area contributed by atoms with Gasteiger partial charge in [-0.1, -0.05) is 17.7 Å². The SMILES string of the molecule is O=C1[C@@H]2CC=C(Cl)C[C@H]2C(=O)N1CC[NH+]1CCCCC1. The second-order valence-electron chi connectivity index (χ2n) is 6.19. The highest BCUT2D eigenvalue weighted by atomic mass is 35.5. The van der Waals surface area contributed by atoms with Crippen LogP contribution in [-0.2, 0) is 9.59 Å². The number of carbonyl (C=O) groups excluding carboxylic acids is 2. The minimum absolute atomic E-state index is 0.00246. The first-order valence-electron chi connectivity index (χ1n) is 7.70. The van der Waals surface area contributed by atoms with Crippen molar-refractivity contribution in [3.8, 4) is 0 Å². The zero-order chi connectivity index (χ0) is 14.1. The van der Waals surface area contributed by atoms with Gasteiger partial charge in [0.1, 0.15) is 0 Å². The van der Waals surface area contributed by atoms with Gasteiger partial charge in [0.05, 0.1) is 38.0 Å². The summed E-state index contributed by atoms with van der Waals surface area (Å²) in [7, 11) is 0. The third-order valence-electron chi connectivity index (χ3n) is 4.91. The first kappa shape index (κ1) is 14.1. The average molecular weight is 298 g/mol. The summed E-state index contributed by atoms with van der Waals surface area (Å²) in [5.74, 6) is -0.322. The Morgan fingerprint density at radius 1 is 1.15 bits per heavy atom. The fourth-order valence-corrected chi connectivity index (χ4v) is 3.94. The zero-order valence-corrected chi connectivity index (χ0v) is 12.5. The van der Waals surface area contributed by atoms with Crippen LogP contribution < -0.4 is 4.90 Å². The van der Waals surface area contributed by atoms with Gasteiger partial charge in [-0.2, -0.15) is 0 Å². The second-order valence-corrected chi connectivity index (χ2v) is 6.68. The Kier molecular flexibility index (Phi) is 4.13. The molecule has 2 heterocycles. The van der Waals surface area contributed by atoms with Gasteiger partial charge in [0.25, 0.3) is 0 Å². The van der Waals surface area contributed by atoms with E-state index in [1.807, 2.05) is 6.08 Å². The second kappa shape index (κ2) is 5.86. The molecule has 3 rings (SSSR count). The van der Waals surface area contributed by atoms with E-state index in [0.29, 0.717) is 19.4 Å². The van der Waals surface area contributed by atoms with E-state index in [9.17, 15) is 9.59 Å². The van der Waals surface area contributed by atoms with Gasteiger partial charge in [-0.15, -0.1) is 0 Å². The molecule has 0 radical (unpaired) electrons. The monoisotopic (exact) mass is 297 g/mol. The summed E-state index contributed by atoms with van der Waals surface area (Å²) in [6.45, 7) is 3.84. The van der Waals surface area contributed by atoms with E-state index in [1.54, 1.807) is 0 Å². The molecule has 110 valence electrons. The topological polar surface area (TPSA) is 41.8 Å². The number of hydrogen-bond donors (Lipinski definition) is 1. The largest absolute Gasteiger partial charge is 0.333 e. The number of quaternary nitrogens is 1. The van der Waals surface area contributed by atoms with E-state index in [1.165, 1.54) is 42.2 Å². The van der Waals surface area contributed by atoms with E-state index in [-0.39, 0.29) is 23.7 Å². The van der Waals surface area contributed by atoms with E-state index in [2.05, 4.69) is 0 Å². The molecule has 2 atom stereocenters. The molecule has 0 aromatic rings. The molecule has 20 heavy (non-hydrogen) atoms. The third-order valence-corrected chi connectivity index (χ3v) is 5.22. The minimum Gasteiger partial charge on any atom is -0.333 e. The third kappa shape index (κ3) is 2.63. The van der Waals surface area contributed by atoms with Crippen molar-refractivity contribution in [2.75, 3.05) is 26.2 Å². The zero-order valence-electron chi connectivity index (χ0n) is 11.7. The maximum absolute atomic E-state index is 12.4. The number of amides is 2. The molecule has 5 heteroatoms. The van der Waals surface area contributed by atoms with Crippen LogP contribution in [0.25, 0.3) is 0 Å². The molecule has 0 aromatic carbocycles. The first-order chi connectivity index (χ1) is 9.66. The lowest BCUT2D eigenvalue weighted by molar-refractivity contribution is -0.904. The molecule has 1 N–H and O–H groups in total. The van der Waals surface area contributed by atoms with Crippen LogP contribution in [0.15, 0.2) is 11.1 Å². The van der Waals surface area contributed by atoms with E-state index < -0.39 is 0 Å². The minimum atomic E-state index is -0.198. The number of imide groups is 1. The number of likely N-dealkylation sites (tertiary alicyclic amines) is 2. The van der Waals surface area contributed by atoms with E-state index >= 15 is 0 Å². The Bertz CT molecular complexity index is 443. The molecular weight excluding hydrogens is 276 g/mol. The number of carbonyl (C=O) groups is 2. The van der Waals surface area contributed by atoms with Crippen molar-refractivity contribution >= 4 is 23.4 Å². The van der Waals surface area contributed by atoms with Gasteiger partial charge in [0.2, 0.25) is 11.8 Å². The van der Waals surface area contributed by atoms with Crippen molar-refractivity contribution in [3.05, 3.63) is 11.1 Å². The molecule has 2 fully saturated rings. The molecule has 0 spiro atoms. The average Bonchev–Trinajstić information content (AvgIpc) is 2.70.